The van der Waals surface area contributed by atoms with E-state index in [4.69, 9.17) is 23.2 Å². The molecule has 1 amide bonds. The minimum absolute atomic E-state index is 0.194. The van der Waals surface area contributed by atoms with Crippen LogP contribution in [0.4, 0.5) is 17.2 Å². The van der Waals surface area contributed by atoms with Crippen LogP contribution in [0.1, 0.15) is 10.5 Å². The molecule has 3 rings (SSSR count). The highest BCUT2D eigenvalue weighted by molar-refractivity contribution is 6.42. The smallest absolute Gasteiger partial charge is 0.275 e. The number of carbonyl (C=O) groups is 1. The molecule has 0 radical (unpaired) electrons. The molecule has 1 heterocycles. The summed E-state index contributed by atoms with van der Waals surface area (Å²) in [6, 6.07) is 14.4. The van der Waals surface area contributed by atoms with Crippen LogP contribution >= 0.6 is 23.2 Å². The quantitative estimate of drug-likeness (QED) is 0.704. The fourth-order valence-electron chi connectivity index (χ4n) is 1.95. The lowest BCUT2D eigenvalue weighted by Gasteiger charge is -2.07. The molecule has 0 aliphatic heterocycles. The lowest BCUT2D eigenvalue weighted by atomic mass is 10.3. The maximum absolute atomic E-state index is 12.2. The number of amides is 1. The van der Waals surface area contributed by atoms with Gasteiger partial charge >= 0.3 is 0 Å². The fourth-order valence-corrected chi connectivity index (χ4v) is 2.25. The summed E-state index contributed by atoms with van der Waals surface area (Å²) in [5, 5.41) is 6.57. The predicted octanol–water partition coefficient (Wildman–Crippen LogP) is 4.78. The normalized spacial score (nSPS) is 10.2. The second-order valence-corrected chi connectivity index (χ2v) is 5.68. The summed E-state index contributed by atoms with van der Waals surface area (Å²) in [5.74, 6) is 0.166. The molecule has 0 unspecified atom stereocenters. The molecule has 5 nitrogen and oxygen atoms in total. The molecule has 1 aromatic heterocycles. The van der Waals surface area contributed by atoms with E-state index in [1.807, 2.05) is 30.3 Å². The SMILES string of the molecule is O=C(Nc1ccc(Cl)c(Cl)c1)c1cnc(Nc2ccccc2)cn1. The van der Waals surface area contributed by atoms with Gasteiger partial charge in [-0.15, -0.1) is 0 Å². The van der Waals surface area contributed by atoms with Crippen molar-refractivity contribution in [1.82, 2.24) is 9.97 Å². The van der Waals surface area contributed by atoms with E-state index in [-0.39, 0.29) is 11.6 Å². The first-order chi connectivity index (χ1) is 11.6. The van der Waals surface area contributed by atoms with Crippen molar-refractivity contribution in [2.45, 2.75) is 0 Å². The zero-order chi connectivity index (χ0) is 16.9. The molecule has 0 saturated carbocycles. The van der Waals surface area contributed by atoms with Crippen molar-refractivity contribution in [1.29, 1.82) is 0 Å². The van der Waals surface area contributed by atoms with Crippen LogP contribution in [-0.4, -0.2) is 15.9 Å². The Labute approximate surface area is 148 Å². The number of para-hydroxylation sites is 1. The van der Waals surface area contributed by atoms with E-state index in [0.717, 1.165) is 5.69 Å². The first kappa shape index (κ1) is 16.2. The van der Waals surface area contributed by atoms with Gasteiger partial charge in [-0.25, -0.2) is 9.97 Å². The molecule has 0 aliphatic rings. The Kier molecular flexibility index (Phi) is 4.93. The van der Waals surface area contributed by atoms with E-state index in [0.29, 0.717) is 21.6 Å². The topological polar surface area (TPSA) is 66.9 Å². The third-order valence-corrected chi connectivity index (χ3v) is 3.85. The third-order valence-electron chi connectivity index (χ3n) is 3.11. The van der Waals surface area contributed by atoms with Gasteiger partial charge in [0.25, 0.3) is 5.91 Å². The van der Waals surface area contributed by atoms with Crippen LogP contribution in [-0.2, 0) is 0 Å². The molecule has 0 aliphatic carbocycles. The van der Waals surface area contributed by atoms with Crippen LogP contribution < -0.4 is 10.6 Å². The fraction of sp³-hybridized carbons (Fsp3) is 0. The molecular formula is C17H12Cl2N4O. The lowest BCUT2D eigenvalue weighted by molar-refractivity contribution is 0.102. The van der Waals surface area contributed by atoms with Gasteiger partial charge in [-0.3, -0.25) is 4.79 Å². The van der Waals surface area contributed by atoms with Crippen LogP contribution in [0.25, 0.3) is 0 Å². The number of halogens is 2. The summed E-state index contributed by atoms with van der Waals surface area (Å²) in [5.41, 5.74) is 1.61. The highest BCUT2D eigenvalue weighted by atomic mass is 35.5. The number of rotatable bonds is 4. The largest absolute Gasteiger partial charge is 0.339 e. The minimum Gasteiger partial charge on any atom is -0.339 e. The Morgan fingerprint density at radius 3 is 2.33 bits per heavy atom. The van der Waals surface area contributed by atoms with Gasteiger partial charge in [-0.1, -0.05) is 41.4 Å². The van der Waals surface area contributed by atoms with Crippen molar-refractivity contribution in [2.75, 3.05) is 10.6 Å². The van der Waals surface area contributed by atoms with Gasteiger partial charge in [0.15, 0.2) is 0 Å². The molecule has 2 N–H and O–H groups in total. The monoisotopic (exact) mass is 358 g/mol. The van der Waals surface area contributed by atoms with Gasteiger partial charge in [-0.05, 0) is 30.3 Å². The van der Waals surface area contributed by atoms with E-state index in [1.165, 1.54) is 12.4 Å². The average Bonchev–Trinajstić information content (AvgIpc) is 2.60. The van der Waals surface area contributed by atoms with E-state index in [1.54, 1.807) is 18.2 Å². The Bertz CT molecular complexity index is 854. The standard InChI is InChI=1S/C17H12Cl2N4O/c18-13-7-6-12(8-14(13)19)23-17(24)15-9-21-16(10-20-15)22-11-4-2-1-3-5-11/h1-10H,(H,21,22)(H,23,24). The summed E-state index contributed by atoms with van der Waals surface area (Å²) in [6.07, 6.45) is 2.90. The molecule has 0 atom stereocenters. The summed E-state index contributed by atoms with van der Waals surface area (Å²) in [7, 11) is 0. The molecular weight excluding hydrogens is 347 g/mol. The maximum Gasteiger partial charge on any atom is 0.275 e. The summed E-state index contributed by atoms with van der Waals surface area (Å²) in [4.78, 5) is 20.5. The first-order valence-electron chi connectivity index (χ1n) is 7.02. The third kappa shape index (κ3) is 4.01. The van der Waals surface area contributed by atoms with Crippen LogP contribution in [0, 0.1) is 0 Å². The summed E-state index contributed by atoms with van der Waals surface area (Å²) in [6.45, 7) is 0. The zero-order valence-electron chi connectivity index (χ0n) is 12.3. The maximum atomic E-state index is 12.2. The van der Waals surface area contributed by atoms with Gasteiger partial charge in [0.2, 0.25) is 0 Å². The Balaban J connectivity index is 1.68. The second-order valence-electron chi connectivity index (χ2n) is 4.86. The molecule has 0 spiro atoms. The Hall–Kier alpha value is -2.63. The van der Waals surface area contributed by atoms with Crippen LogP contribution in [0.2, 0.25) is 10.0 Å². The summed E-state index contributed by atoms with van der Waals surface area (Å²) >= 11 is 11.8. The molecule has 0 saturated heterocycles. The number of carbonyl (C=O) groups excluding carboxylic acids is 1. The van der Waals surface area contributed by atoms with E-state index >= 15 is 0 Å². The highest BCUT2D eigenvalue weighted by Crippen LogP contribution is 2.25. The van der Waals surface area contributed by atoms with Gasteiger partial charge in [0.05, 0.1) is 22.4 Å². The molecule has 0 bridgehead atoms. The van der Waals surface area contributed by atoms with Gasteiger partial charge in [-0.2, -0.15) is 0 Å². The molecule has 7 heteroatoms. The first-order valence-corrected chi connectivity index (χ1v) is 7.78. The average molecular weight is 359 g/mol. The van der Waals surface area contributed by atoms with E-state index in [9.17, 15) is 4.79 Å². The number of hydrogen-bond donors (Lipinski definition) is 2. The molecule has 120 valence electrons. The number of nitrogens with one attached hydrogen (secondary N) is 2. The second kappa shape index (κ2) is 7.29. The van der Waals surface area contributed by atoms with Gasteiger partial charge < -0.3 is 10.6 Å². The Morgan fingerprint density at radius 1 is 0.875 bits per heavy atom. The molecule has 24 heavy (non-hydrogen) atoms. The van der Waals surface area contributed by atoms with Crippen LogP contribution in [0.3, 0.4) is 0 Å². The van der Waals surface area contributed by atoms with Crippen LogP contribution in [0.15, 0.2) is 60.9 Å². The van der Waals surface area contributed by atoms with Crippen molar-refractivity contribution in [3.63, 3.8) is 0 Å². The number of anilines is 3. The van der Waals surface area contributed by atoms with Crippen molar-refractivity contribution < 1.29 is 4.79 Å². The van der Waals surface area contributed by atoms with E-state index in [2.05, 4.69) is 20.6 Å². The summed E-state index contributed by atoms with van der Waals surface area (Å²) < 4.78 is 0. The molecule has 2 aromatic carbocycles. The van der Waals surface area contributed by atoms with Crippen molar-refractivity contribution >= 4 is 46.3 Å². The van der Waals surface area contributed by atoms with Crippen LogP contribution in [0.5, 0.6) is 0 Å². The number of benzene rings is 2. The number of aromatic nitrogens is 2. The zero-order valence-corrected chi connectivity index (χ0v) is 13.8. The number of hydrogen-bond acceptors (Lipinski definition) is 4. The number of nitrogens with zero attached hydrogens (tertiary/aromatic N) is 2. The van der Waals surface area contributed by atoms with Crippen molar-refractivity contribution in [2.24, 2.45) is 0 Å². The predicted molar refractivity (Wildman–Crippen MR) is 96.2 cm³/mol. The molecule has 0 fully saturated rings. The van der Waals surface area contributed by atoms with Crippen molar-refractivity contribution in [3.05, 3.63) is 76.7 Å². The molecule has 3 aromatic rings. The lowest BCUT2D eigenvalue weighted by Crippen LogP contribution is -2.14. The van der Waals surface area contributed by atoms with E-state index < -0.39 is 0 Å². The van der Waals surface area contributed by atoms with Gasteiger partial charge in [0.1, 0.15) is 11.5 Å². The minimum atomic E-state index is -0.382. The van der Waals surface area contributed by atoms with Gasteiger partial charge in [0, 0.05) is 11.4 Å². The Morgan fingerprint density at radius 2 is 1.67 bits per heavy atom. The van der Waals surface area contributed by atoms with Crippen molar-refractivity contribution in [3.8, 4) is 0 Å². The highest BCUT2D eigenvalue weighted by Gasteiger charge is 2.09.